The summed E-state index contributed by atoms with van der Waals surface area (Å²) in [5.41, 5.74) is 7.92. The highest BCUT2D eigenvalue weighted by molar-refractivity contribution is 6.14. The molecule has 0 radical (unpaired) electrons. The lowest BCUT2D eigenvalue weighted by Gasteiger charge is -2.24. The molecule has 5 heteroatoms. The maximum absolute atomic E-state index is 12.0. The number of carbonyl (C=O) groups excluding carboxylic acids is 1. The molecule has 0 aliphatic rings. The van der Waals surface area contributed by atoms with E-state index in [1.54, 1.807) is 6.08 Å². The summed E-state index contributed by atoms with van der Waals surface area (Å²) in [6.07, 6.45) is 1.57. The van der Waals surface area contributed by atoms with E-state index in [9.17, 15) is 4.79 Å². The molecule has 0 saturated carbocycles. The van der Waals surface area contributed by atoms with E-state index in [1.165, 1.54) is 0 Å². The van der Waals surface area contributed by atoms with Crippen LogP contribution in [0.5, 0.6) is 0 Å². The first-order chi connectivity index (χ1) is 8.49. The number of aryl methyl sites for hydroxylation is 2. The van der Waals surface area contributed by atoms with Gasteiger partial charge in [0, 0.05) is 6.54 Å². The summed E-state index contributed by atoms with van der Waals surface area (Å²) in [5, 5.41) is 10.2. The van der Waals surface area contributed by atoms with E-state index in [2.05, 4.69) is 11.9 Å². The largest absolute Gasteiger partial charge is 0.369 e. The van der Waals surface area contributed by atoms with E-state index in [4.69, 9.17) is 11.1 Å². The fraction of sp³-hybridized carbons (Fsp3) is 0.231. The fourth-order valence-electron chi connectivity index (χ4n) is 1.73. The van der Waals surface area contributed by atoms with Crippen molar-refractivity contribution in [3.63, 3.8) is 0 Å². The molecule has 1 aromatic carbocycles. The molecule has 5 nitrogen and oxygen atoms in total. The van der Waals surface area contributed by atoms with Crippen LogP contribution in [0.4, 0.5) is 10.5 Å². The zero-order chi connectivity index (χ0) is 13.7. The van der Waals surface area contributed by atoms with Crippen LogP contribution in [0.1, 0.15) is 11.1 Å². The first-order valence-corrected chi connectivity index (χ1v) is 5.58. The van der Waals surface area contributed by atoms with E-state index in [1.807, 2.05) is 32.0 Å². The van der Waals surface area contributed by atoms with E-state index in [0.29, 0.717) is 12.2 Å². The quantitative estimate of drug-likeness (QED) is 0.432. The highest BCUT2D eigenvalue weighted by Gasteiger charge is 2.21. The zero-order valence-electron chi connectivity index (χ0n) is 10.7. The van der Waals surface area contributed by atoms with Crippen molar-refractivity contribution in [1.82, 2.24) is 5.32 Å². The Morgan fingerprint density at radius 3 is 2.50 bits per heavy atom. The average molecular weight is 246 g/mol. The number of amides is 2. The van der Waals surface area contributed by atoms with Crippen molar-refractivity contribution in [2.24, 2.45) is 5.73 Å². The van der Waals surface area contributed by atoms with Gasteiger partial charge in [0.1, 0.15) is 0 Å². The summed E-state index contributed by atoms with van der Waals surface area (Å²) in [5.74, 6) is -0.311. The monoisotopic (exact) mass is 246 g/mol. The molecule has 1 aromatic rings. The smallest absolute Gasteiger partial charge is 0.329 e. The van der Waals surface area contributed by atoms with Crippen LogP contribution in [0.3, 0.4) is 0 Å². The molecule has 0 heterocycles. The molecule has 4 N–H and O–H groups in total. The second-order valence-electron chi connectivity index (χ2n) is 3.94. The Morgan fingerprint density at radius 2 is 2.06 bits per heavy atom. The topological polar surface area (TPSA) is 82.2 Å². The van der Waals surface area contributed by atoms with Gasteiger partial charge < -0.3 is 11.1 Å². The Labute approximate surface area is 107 Å². The molecule has 0 aliphatic heterocycles. The van der Waals surface area contributed by atoms with Gasteiger partial charge in [0.05, 0.1) is 5.69 Å². The molecule has 0 fully saturated rings. The highest BCUT2D eigenvalue weighted by atomic mass is 16.2. The van der Waals surface area contributed by atoms with E-state index >= 15 is 0 Å². The maximum Gasteiger partial charge on any atom is 0.329 e. The van der Waals surface area contributed by atoms with Gasteiger partial charge in [-0.05, 0) is 25.0 Å². The predicted molar refractivity (Wildman–Crippen MR) is 73.9 cm³/mol. The van der Waals surface area contributed by atoms with Crippen LogP contribution in [0, 0.1) is 19.3 Å². The first kappa shape index (κ1) is 13.8. The second-order valence-corrected chi connectivity index (χ2v) is 3.94. The number of guanidine groups is 1. The number of para-hydroxylation sites is 1. The SMILES string of the molecule is C=CCNC(=O)N(C(=N)N)c1c(C)cccc1C. The fourth-order valence-corrected chi connectivity index (χ4v) is 1.73. The van der Waals surface area contributed by atoms with Crippen LogP contribution in [0.25, 0.3) is 0 Å². The third-order valence-corrected chi connectivity index (χ3v) is 2.50. The molecule has 0 saturated heterocycles. The number of nitrogens with one attached hydrogen (secondary N) is 2. The molecule has 96 valence electrons. The highest BCUT2D eigenvalue weighted by Crippen LogP contribution is 2.24. The molecule has 0 unspecified atom stereocenters. The van der Waals surface area contributed by atoms with E-state index in [0.717, 1.165) is 16.0 Å². The number of hydrogen-bond donors (Lipinski definition) is 3. The average Bonchev–Trinajstić information content (AvgIpc) is 2.30. The van der Waals surface area contributed by atoms with Gasteiger partial charge >= 0.3 is 6.03 Å². The minimum absolute atomic E-state index is 0.311. The van der Waals surface area contributed by atoms with Crippen LogP contribution < -0.4 is 16.0 Å². The minimum Gasteiger partial charge on any atom is -0.369 e. The molecular weight excluding hydrogens is 228 g/mol. The summed E-state index contributed by atoms with van der Waals surface area (Å²) in [7, 11) is 0. The predicted octanol–water partition coefficient (Wildman–Crippen LogP) is 1.90. The number of rotatable bonds is 3. The number of hydrogen-bond acceptors (Lipinski definition) is 2. The van der Waals surface area contributed by atoms with Gasteiger partial charge in [-0.2, -0.15) is 0 Å². The number of nitrogens with zero attached hydrogens (tertiary/aromatic N) is 1. The van der Waals surface area contributed by atoms with Crippen molar-refractivity contribution >= 4 is 17.7 Å². The van der Waals surface area contributed by atoms with Crippen molar-refractivity contribution in [3.05, 3.63) is 42.0 Å². The minimum atomic E-state index is -0.431. The van der Waals surface area contributed by atoms with Gasteiger partial charge in [0.2, 0.25) is 5.96 Å². The zero-order valence-corrected chi connectivity index (χ0v) is 10.7. The van der Waals surface area contributed by atoms with Crippen molar-refractivity contribution in [3.8, 4) is 0 Å². The number of benzene rings is 1. The Balaban J connectivity index is 3.16. The Hall–Kier alpha value is -2.30. The summed E-state index contributed by atoms with van der Waals surface area (Å²) < 4.78 is 0. The first-order valence-electron chi connectivity index (χ1n) is 5.58. The van der Waals surface area contributed by atoms with Gasteiger partial charge in [-0.25, -0.2) is 9.69 Å². The van der Waals surface area contributed by atoms with Crippen molar-refractivity contribution in [2.45, 2.75) is 13.8 Å². The van der Waals surface area contributed by atoms with Crippen molar-refractivity contribution in [1.29, 1.82) is 5.41 Å². The Kier molecular flexibility index (Phi) is 4.48. The third kappa shape index (κ3) is 2.88. The maximum atomic E-state index is 12.0. The molecule has 0 aliphatic carbocycles. The Bertz CT molecular complexity index is 462. The summed E-state index contributed by atoms with van der Waals surface area (Å²) in [4.78, 5) is 13.2. The van der Waals surface area contributed by atoms with E-state index < -0.39 is 6.03 Å². The van der Waals surface area contributed by atoms with Gasteiger partial charge in [0.15, 0.2) is 0 Å². The standard InChI is InChI=1S/C13H18N4O/c1-4-8-16-13(18)17(12(14)15)11-9(2)6-5-7-10(11)3/h4-7H,1,8H2,2-3H3,(H3,14,15)(H,16,18). The Morgan fingerprint density at radius 1 is 1.50 bits per heavy atom. The van der Waals surface area contributed by atoms with Crippen LogP contribution in [-0.4, -0.2) is 18.5 Å². The van der Waals surface area contributed by atoms with Crippen LogP contribution >= 0.6 is 0 Å². The van der Waals surface area contributed by atoms with E-state index in [-0.39, 0.29) is 5.96 Å². The molecule has 0 bridgehead atoms. The lowest BCUT2D eigenvalue weighted by molar-refractivity contribution is 0.250. The number of carbonyl (C=O) groups is 1. The summed E-state index contributed by atoms with van der Waals surface area (Å²) >= 11 is 0. The van der Waals surface area contributed by atoms with Crippen molar-refractivity contribution in [2.75, 3.05) is 11.4 Å². The molecule has 0 spiro atoms. The van der Waals surface area contributed by atoms with Gasteiger partial charge in [0.25, 0.3) is 0 Å². The summed E-state index contributed by atoms with van der Waals surface area (Å²) in [6, 6.07) is 5.21. The lowest BCUT2D eigenvalue weighted by Crippen LogP contribution is -2.47. The molecule has 1 rings (SSSR count). The normalized spacial score (nSPS) is 9.67. The van der Waals surface area contributed by atoms with Gasteiger partial charge in [-0.3, -0.25) is 5.41 Å². The van der Waals surface area contributed by atoms with Gasteiger partial charge in [-0.15, -0.1) is 6.58 Å². The van der Waals surface area contributed by atoms with Crippen LogP contribution in [0.2, 0.25) is 0 Å². The van der Waals surface area contributed by atoms with Gasteiger partial charge in [-0.1, -0.05) is 24.3 Å². The van der Waals surface area contributed by atoms with Crippen LogP contribution in [0.15, 0.2) is 30.9 Å². The summed E-state index contributed by atoms with van der Waals surface area (Å²) in [6.45, 7) is 7.60. The number of anilines is 1. The molecule has 2 amide bonds. The second kappa shape index (κ2) is 5.86. The molecule has 0 atom stereocenters. The lowest BCUT2D eigenvalue weighted by atomic mass is 10.1. The van der Waals surface area contributed by atoms with Crippen LogP contribution in [-0.2, 0) is 0 Å². The molecule has 0 aromatic heterocycles. The number of nitrogens with two attached hydrogens (primary N) is 1. The molecular formula is C13H18N4O. The third-order valence-electron chi connectivity index (χ3n) is 2.50. The van der Waals surface area contributed by atoms with Crippen molar-refractivity contribution < 1.29 is 4.79 Å². The molecule has 18 heavy (non-hydrogen) atoms. The number of urea groups is 1.